The average Bonchev–Trinajstić information content (AvgIpc) is 2.77. The minimum Gasteiger partial charge on any atom is -0.307 e. The van der Waals surface area contributed by atoms with Gasteiger partial charge in [0.15, 0.2) is 0 Å². The maximum Gasteiger partial charge on any atom is 0.107 e. The van der Waals surface area contributed by atoms with Crippen LogP contribution in [-0.2, 0) is 6.54 Å². The maximum atomic E-state index is 4.88. The standard InChI is InChI=1S/C15H26N2S3/c1-6-11-13(19-8-7-18-11)14-17-10(2)12(20-14)9-16-15(3,4)5/h11,13,16H,6-9H2,1-5H3. The van der Waals surface area contributed by atoms with E-state index in [4.69, 9.17) is 4.98 Å². The molecule has 1 saturated heterocycles. The fourth-order valence-corrected chi connectivity index (χ4v) is 6.64. The van der Waals surface area contributed by atoms with E-state index in [1.165, 1.54) is 33.5 Å². The molecule has 2 atom stereocenters. The van der Waals surface area contributed by atoms with E-state index in [9.17, 15) is 0 Å². The quantitative estimate of drug-likeness (QED) is 0.869. The average molecular weight is 331 g/mol. The summed E-state index contributed by atoms with van der Waals surface area (Å²) in [5.41, 5.74) is 1.38. The molecule has 0 spiro atoms. The lowest BCUT2D eigenvalue weighted by Gasteiger charge is -2.28. The van der Waals surface area contributed by atoms with Crippen LogP contribution in [0.15, 0.2) is 0 Å². The van der Waals surface area contributed by atoms with E-state index in [2.05, 4.69) is 63.5 Å². The maximum absolute atomic E-state index is 4.88. The Labute approximate surface area is 135 Å². The molecule has 114 valence electrons. The molecule has 1 aliphatic rings. The number of nitrogens with one attached hydrogen (secondary N) is 1. The number of thioether (sulfide) groups is 2. The number of aromatic nitrogens is 1. The van der Waals surface area contributed by atoms with Crippen molar-refractivity contribution in [2.75, 3.05) is 11.5 Å². The van der Waals surface area contributed by atoms with Crippen molar-refractivity contribution in [2.24, 2.45) is 0 Å². The van der Waals surface area contributed by atoms with Crippen LogP contribution in [0.5, 0.6) is 0 Å². The smallest absolute Gasteiger partial charge is 0.107 e. The van der Waals surface area contributed by atoms with Crippen LogP contribution in [0.4, 0.5) is 0 Å². The van der Waals surface area contributed by atoms with E-state index >= 15 is 0 Å². The second-order valence-corrected chi connectivity index (χ2v) is 9.98. The van der Waals surface area contributed by atoms with Crippen LogP contribution >= 0.6 is 34.9 Å². The van der Waals surface area contributed by atoms with Crippen molar-refractivity contribution >= 4 is 34.9 Å². The lowest BCUT2D eigenvalue weighted by molar-refractivity contribution is 0.425. The van der Waals surface area contributed by atoms with Crippen LogP contribution in [0.1, 0.15) is 54.9 Å². The molecule has 0 amide bonds. The summed E-state index contributed by atoms with van der Waals surface area (Å²) in [5, 5.41) is 6.26. The first-order valence-electron chi connectivity index (χ1n) is 7.35. The Bertz CT molecular complexity index is 437. The van der Waals surface area contributed by atoms with Gasteiger partial charge in [-0.3, -0.25) is 0 Å². The van der Waals surface area contributed by atoms with Gasteiger partial charge in [0.05, 0.1) is 10.9 Å². The topological polar surface area (TPSA) is 24.9 Å². The van der Waals surface area contributed by atoms with E-state index in [0.29, 0.717) is 5.25 Å². The second kappa shape index (κ2) is 7.03. The number of hydrogen-bond donors (Lipinski definition) is 1. The predicted octanol–water partition coefficient (Wildman–Crippen LogP) is 4.64. The summed E-state index contributed by atoms with van der Waals surface area (Å²) in [6, 6.07) is 0. The largest absolute Gasteiger partial charge is 0.307 e. The summed E-state index contributed by atoms with van der Waals surface area (Å²) >= 11 is 6.15. The first kappa shape index (κ1) is 16.7. The van der Waals surface area contributed by atoms with Crippen LogP contribution in [-0.4, -0.2) is 27.3 Å². The highest BCUT2D eigenvalue weighted by atomic mass is 32.2. The van der Waals surface area contributed by atoms with Crippen LogP contribution in [0.2, 0.25) is 0 Å². The van der Waals surface area contributed by atoms with Crippen molar-refractivity contribution in [2.45, 2.75) is 63.6 Å². The summed E-state index contributed by atoms with van der Waals surface area (Å²) in [4.78, 5) is 6.28. The molecule has 0 radical (unpaired) electrons. The van der Waals surface area contributed by atoms with Gasteiger partial charge in [0, 0.05) is 33.7 Å². The van der Waals surface area contributed by atoms with Gasteiger partial charge in [-0.1, -0.05) is 6.92 Å². The molecular weight excluding hydrogens is 304 g/mol. The molecule has 20 heavy (non-hydrogen) atoms. The molecule has 2 nitrogen and oxygen atoms in total. The zero-order valence-electron chi connectivity index (χ0n) is 13.2. The highest BCUT2D eigenvalue weighted by Crippen LogP contribution is 2.45. The Morgan fingerprint density at radius 1 is 1.25 bits per heavy atom. The molecule has 1 aromatic rings. The molecule has 1 fully saturated rings. The Kier molecular flexibility index (Phi) is 5.86. The number of rotatable bonds is 4. The van der Waals surface area contributed by atoms with Gasteiger partial charge in [-0.05, 0) is 34.1 Å². The third-order valence-electron chi connectivity index (χ3n) is 3.38. The molecule has 2 heterocycles. The van der Waals surface area contributed by atoms with Gasteiger partial charge < -0.3 is 5.32 Å². The first-order valence-corrected chi connectivity index (χ1v) is 10.3. The third kappa shape index (κ3) is 4.39. The zero-order valence-corrected chi connectivity index (χ0v) is 15.6. The molecule has 0 saturated carbocycles. The SMILES string of the molecule is CCC1SCCSC1c1nc(C)c(CNC(C)(C)C)s1. The van der Waals surface area contributed by atoms with Crippen molar-refractivity contribution in [3.63, 3.8) is 0 Å². The summed E-state index contributed by atoms with van der Waals surface area (Å²) in [6.07, 6.45) is 1.25. The van der Waals surface area contributed by atoms with Gasteiger partial charge in [-0.2, -0.15) is 11.8 Å². The molecule has 0 aliphatic carbocycles. The van der Waals surface area contributed by atoms with Crippen LogP contribution in [0, 0.1) is 6.92 Å². The molecule has 2 unspecified atom stereocenters. The van der Waals surface area contributed by atoms with E-state index < -0.39 is 0 Å². The number of hydrogen-bond acceptors (Lipinski definition) is 5. The number of thiazole rings is 1. The Morgan fingerprint density at radius 2 is 1.95 bits per heavy atom. The minimum atomic E-state index is 0.165. The monoisotopic (exact) mass is 330 g/mol. The van der Waals surface area contributed by atoms with Crippen LogP contribution in [0.25, 0.3) is 0 Å². The summed E-state index contributed by atoms with van der Waals surface area (Å²) in [5.74, 6) is 2.56. The second-order valence-electron chi connectivity index (χ2n) is 6.27. The fraction of sp³-hybridized carbons (Fsp3) is 0.800. The van der Waals surface area contributed by atoms with Gasteiger partial charge in [0.25, 0.3) is 0 Å². The summed E-state index contributed by atoms with van der Waals surface area (Å²) in [7, 11) is 0. The van der Waals surface area contributed by atoms with Crippen molar-refractivity contribution in [1.82, 2.24) is 10.3 Å². The normalized spacial score (nSPS) is 24.1. The Morgan fingerprint density at radius 3 is 2.60 bits per heavy atom. The molecule has 1 aliphatic heterocycles. The summed E-state index contributed by atoms with van der Waals surface area (Å²) < 4.78 is 0. The van der Waals surface area contributed by atoms with Gasteiger partial charge in [-0.15, -0.1) is 23.1 Å². The predicted molar refractivity (Wildman–Crippen MR) is 95.2 cm³/mol. The van der Waals surface area contributed by atoms with Gasteiger partial charge in [0.2, 0.25) is 0 Å². The Hall–Kier alpha value is 0.290. The third-order valence-corrected chi connectivity index (χ3v) is 8.03. The van der Waals surface area contributed by atoms with E-state index in [1.807, 2.05) is 11.3 Å². The van der Waals surface area contributed by atoms with Crippen LogP contribution in [0.3, 0.4) is 0 Å². The van der Waals surface area contributed by atoms with Crippen molar-refractivity contribution in [3.8, 4) is 0 Å². The molecule has 1 aromatic heterocycles. The summed E-state index contributed by atoms with van der Waals surface area (Å²) in [6.45, 7) is 12.0. The van der Waals surface area contributed by atoms with E-state index in [-0.39, 0.29) is 5.54 Å². The highest BCUT2D eigenvalue weighted by Gasteiger charge is 2.29. The van der Waals surface area contributed by atoms with Gasteiger partial charge in [0.1, 0.15) is 5.01 Å². The molecular formula is C15H26N2S3. The zero-order chi connectivity index (χ0) is 14.8. The van der Waals surface area contributed by atoms with Gasteiger partial charge >= 0.3 is 0 Å². The van der Waals surface area contributed by atoms with Crippen molar-refractivity contribution < 1.29 is 0 Å². The highest BCUT2D eigenvalue weighted by molar-refractivity contribution is 8.06. The number of nitrogens with zero attached hydrogens (tertiary/aromatic N) is 1. The van der Waals surface area contributed by atoms with E-state index in [1.54, 1.807) is 0 Å². The molecule has 2 rings (SSSR count). The Balaban J connectivity index is 2.09. The van der Waals surface area contributed by atoms with E-state index in [0.717, 1.165) is 11.8 Å². The van der Waals surface area contributed by atoms with Crippen molar-refractivity contribution in [3.05, 3.63) is 15.6 Å². The van der Waals surface area contributed by atoms with Gasteiger partial charge in [-0.25, -0.2) is 4.98 Å². The molecule has 1 N–H and O–H groups in total. The van der Waals surface area contributed by atoms with Crippen LogP contribution < -0.4 is 5.32 Å². The molecule has 0 aromatic carbocycles. The first-order chi connectivity index (χ1) is 9.40. The molecule has 5 heteroatoms. The fourth-order valence-electron chi connectivity index (χ4n) is 2.21. The minimum absolute atomic E-state index is 0.165. The van der Waals surface area contributed by atoms with Crippen molar-refractivity contribution in [1.29, 1.82) is 0 Å². The number of aryl methyl sites for hydroxylation is 1. The lowest BCUT2D eigenvalue weighted by Crippen LogP contribution is -2.34. The molecule has 0 bridgehead atoms. The lowest BCUT2D eigenvalue weighted by atomic mass is 10.1.